The largest absolute Gasteiger partial charge is 0.486 e. The fourth-order valence-corrected chi connectivity index (χ4v) is 6.46. The Morgan fingerprint density at radius 3 is 2.10 bits per heavy atom. The van der Waals surface area contributed by atoms with Crippen LogP contribution in [0.25, 0.3) is 32.5 Å². The zero-order valence-corrected chi connectivity index (χ0v) is 24.8. The van der Waals surface area contributed by atoms with E-state index in [1.807, 2.05) is 18.2 Å². The first-order valence-electron chi connectivity index (χ1n) is 13.4. The smallest absolute Gasteiger partial charge is 0.333 e. The second-order valence-corrected chi connectivity index (χ2v) is 10.4. The number of carboxylic acid groups (broad SMARTS) is 1. The Labute approximate surface area is 248 Å². The minimum Gasteiger partial charge on any atom is -0.486 e. The number of para-hydroxylation sites is 1. The first kappa shape index (κ1) is 30.9. The molecule has 0 unspecified atom stereocenters. The summed E-state index contributed by atoms with van der Waals surface area (Å²) in [5.74, 6) is -1.20. The Morgan fingerprint density at radius 2 is 1.51 bits per heavy atom. The van der Waals surface area contributed by atoms with Crippen molar-refractivity contribution in [3.8, 4) is 21.6 Å². The van der Waals surface area contributed by atoms with Crippen LogP contribution < -0.4 is 4.90 Å². The molecule has 0 spiro atoms. The normalized spacial score (nSPS) is 12.4. The highest BCUT2D eigenvalue weighted by Crippen LogP contribution is 2.54. The molecule has 0 bridgehead atoms. The lowest BCUT2D eigenvalue weighted by molar-refractivity contribution is -0.132. The number of aliphatic carboxylic acids is 1. The fourth-order valence-electron chi connectivity index (χ4n) is 5.52. The van der Waals surface area contributed by atoms with E-state index in [9.17, 15) is 9.90 Å². The SMILES string of the molecule is C=C.C=C.[C-]#[N+]/C(=C\c1ccc(-c2ccc3c(c2)C(CC)(CC)c2cc(N(C)c4ccccc4)ccc2-3)s1)C(=O)O. The van der Waals surface area contributed by atoms with E-state index in [0.717, 1.165) is 33.8 Å². The average molecular weight is 561 g/mol. The average Bonchev–Trinajstić information content (AvgIpc) is 3.61. The predicted molar refractivity (Wildman–Crippen MR) is 176 cm³/mol. The summed E-state index contributed by atoms with van der Waals surface area (Å²) < 4.78 is 0. The van der Waals surface area contributed by atoms with Gasteiger partial charge in [0.15, 0.2) is 0 Å². The van der Waals surface area contributed by atoms with E-state index in [-0.39, 0.29) is 11.1 Å². The van der Waals surface area contributed by atoms with Crippen molar-refractivity contribution in [1.82, 2.24) is 0 Å². The molecule has 208 valence electrons. The molecule has 5 rings (SSSR count). The molecule has 0 aliphatic heterocycles. The molecular formula is C36H36N2O2S. The van der Waals surface area contributed by atoms with Crippen LogP contribution in [0.15, 0.2) is 111 Å². The van der Waals surface area contributed by atoms with Crippen molar-refractivity contribution in [2.24, 2.45) is 0 Å². The summed E-state index contributed by atoms with van der Waals surface area (Å²) in [7, 11) is 2.11. The number of anilines is 2. The fraction of sp³-hybridized carbons (Fsp3) is 0.167. The Balaban J connectivity index is 0.00000111. The number of nitrogens with zero attached hydrogens (tertiary/aromatic N) is 2. The van der Waals surface area contributed by atoms with Gasteiger partial charge in [-0.25, -0.2) is 4.85 Å². The third-order valence-electron chi connectivity index (χ3n) is 7.61. The van der Waals surface area contributed by atoms with Crippen molar-refractivity contribution in [3.05, 3.63) is 138 Å². The molecule has 0 saturated carbocycles. The first-order chi connectivity index (χ1) is 19.9. The van der Waals surface area contributed by atoms with Gasteiger partial charge in [0.2, 0.25) is 0 Å². The van der Waals surface area contributed by atoms with Crippen LogP contribution in [-0.2, 0) is 10.2 Å². The van der Waals surface area contributed by atoms with E-state index >= 15 is 0 Å². The third-order valence-corrected chi connectivity index (χ3v) is 8.69. The topological polar surface area (TPSA) is 44.9 Å². The van der Waals surface area contributed by atoms with Crippen LogP contribution in [0, 0.1) is 6.57 Å². The molecule has 3 aromatic carbocycles. The van der Waals surface area contributed by atoms with E-state index < -0.39 is 5.97 Å². The van der Waals surface area contributed by atoms with Gasteiger partial charge in [-0.15, -0.1) is 37.7 Å². The van der Waals surface area contributed by atoms with Crippen LogP contribution in [0.1, 0.15) is 42.7 Å². The van der Waals surface area contributed by atoms with Crippen molar-refractivity contribution in [3.63, 3.8) is 0 Å². The summed E-state index contributed by atoms with van der Waals surface area (Å²) in [5, 5.41) is 9.20. The van der Waals surface area contributed by atoms with Gasteiger partial charge in [0.25, 0.3) is 5.70 Å². The molecule has 0 radical (unpaired) electrons. The van der Waals surface area contributed by atoms with Crippen molar-refractivity contribution in [2.45, 2.75) is 32.1 Å². The summed E-state index contributed by atoms with van der Waals surface area (Å²) in [5.41, 5.74) is 8.41. The standard InChI is InChI=1S/C32H28N2O2S.2C2H4/c1-5-32(6-2)27-18-21(30-17-14-24(37-30)20-29(33-3)31(35)36)12-15-25(27)26-16-13-23(19-28(26)32)34(4)22-10-8-7-9-11-22;2*1-2/h7-20H,5-6H2,1-2,4H3,(H,35,36);2*1-2H2/b29-20-;;. The van der Waals surface area contributed by atoms with Crippen molar-refractivity contribution in [2.75, 3.05) is 11.9 Å². The van der Waals surface area contributed by atoms with Gasteiger partial charge >= 0.3 is 5.97 Å². The molecule has 1 N–H and O–H groups in total. The van der Waals surface area contributed by atoms with Gasteiger partial charge < -0.3 is 10.0 Å². The molecule has 5 heteroatoms. The summed E-state index contributed by atoms with van der Waals surface area (Å²) in [6, 6.07) is 27.9. The van der Waals surface area contributed by atoms with E-state index in [1.54, 1.807) is 0 Å². The number of hydrogen-bond acceptors (Lipinski definition) is 3. The van der Waals surface area contributed by atoms with Crippen molar-refractivity contribution in [1.29, 1.82) is 0 Å². The number of carboxylic acids is 1. The van der Waals surface area contributed by atoms with Gasteiger partial charge in [-0.3, -0.25) is 4.79 Å². The number of fused-ring (bicyclic) bond motifs is 3. The molecule has 1 aliphatic carbocycles. The van der Waals surface area contributed by atoms with Gasteiger partial charge in [0, 0.05) is 33.6 Å². The number of thiophene rings is 1. The summed E-state index contributed by atoms with van der Waals surface area (Å²) in [6.45, 7) is 23.7. The molecule has 1 aliphatic rings. The van der Waals surface area contributed by atoms with Gasteiger partial charge in [0.1, 0.15) is 0 Å². The maximum Gasteiger partial charge on any atom is 0.333 e. The van der Waals surface area contributed by atoms with Gasteiger partial charge in [-0.05, 0) is 89.2 Å². The zero-order chi connectivity index (χ0) is 30.2. The van der Waals surface area contributed by atoms with Crippen LogP contribution >= 0.6 is 11.3 Å². The van der Waals surface area contributed by atoms with Gasteiger partial charge in [0.05, 0.1) is 6.57 Å². The number of benzene rings is 3. The van der Waals surface area contributed by atoms with Crippen LogP contribution in [0.5, 0.6) is 0 Å². The lowest BCUT2D eigenvalue weighted by Gasteiger charge is -2.31. The van der Waals surface area contributed by atoms with E-state index in [4.69, 9.17) is 6.57 Å². The van der Waals surface area contributed by atoms with E-state index in [1.165, 1.54) is 45.4 Å². The van der Waals surface area contributed by atoms with Crippen LogP contribution in [0.2, 0.25) is 0 Å². The lowest BCUT2D eigenvalue weighted by Crippen LogP contribution is -2.23. The molecule has 0 saturated heterocycles. The quantitative estimate of drug-likeness (QED) is 0.139. The maximum absolute atomic E-state index is 11.3. The van der Waals surface area contributed by atoms with Crippen LogP contribution in [0.4, 0.5) is 11.4 Å². The Bertz CT molecular complexity index is 1590. The number of rotatable bonds is 7. The highest BCUT2D eigenvalue weighted by Gasteiger charge is 2.41. The third kappa shape index (κ3) is 5.79. The van der Waals surface area contributed by atoms with E-state index in [0.29, 0.717) is 0 Å². The van der Waals surface area contributed by atoms with Gasteiger partial charge in [-0.2, -0.15) is 0 Å². The molecule has 1 heterocycles. The van der Waals surface area contributed by atoms with Crippen LogP contribution in [-0.4, -0.2) is 18.1 Å². The number of hydrogen-bond donors (Lipinski definition) is 1. The summed E-state index contributed by atoms with van der Waals surface area (Å²) in [6.07, 6.45) is 3.44. The molecule has 0 atom stereocenters. The maximum atomic E-state index is 11.3. The second kappa shape index (κ2) is 13.6. The number of carbonyl (C=O) groups is 1. The molecule has 4 aromatic rings. The summed E-state index contributed by atoms with van der Waals surface area (Å²) in [4.78, 5) is 18.4. The molecule has 41 heavy (non-hydrogen) atoms. The minimum absolute atomic E-state index is 0.0746. The van der Waals surface area contributed by atoms with E-state index in [2.05, 4.69) is 118 Å². The Hall–Kier alpha value is -4.66. The predicted octanol–water partition coefficient (Wildman–Crippen LogP) is 10.2. The zero-order valence-electron chi connectivity index (χ0n) is 24.0. The highest BCUT2D eigenvalue weighted by molar-refractivity contribution is 7.16. The minimum atomic E-state index is -1.20. The monoisotopic (exact) mass is 560 g/mol. The molecule has 0 fully saturated rings. The first-order valence-corrected chi connectivity index (χ1v) is 14.2. The van der Waals surface area contributed by atoms with Crippen molar-refractivity contribution < 1.29 is 9.90 Å². The second-order valence-electron chi connectivity index (χ2n) is 9.32. The molecular weight excluding hydrogens is 524 g/mol. The summed E-state index contributed by atoms with van der Waals surface area (Å²) >= 11 is 1.51. The van der Waals surface area contributed by atoms with Gasteiger partial charge in [-0.1, -0.05) is 50.2 Å². The highest BCUT2D eigenvalue weighted by atomic mass is 32.1. The van der Waals surface area contributed by atoms with Crippen molar-refractivity contribution >= 4 is 34.8 Å². The Kier molecular flexibility index (Phi) is 10.2. The van der Waals surface area contributed by atoms with Crippen LogP contribution in [0.3, 0.4) is 0 Å². The molecule has 0 amide bonds. The Morgan fingerprint density at radius 1 is 0.902 bits per heavy atom. The lowest BCUT2D eigenvalue weighted by atomic mass is 9.73. The molecule has 4 nitrogen and oxygen atoms in total. The molecule has 1 aromatic heterocycles.